The lowest BCUT2D eigenvalue weighted by atomic mass is 9.76. The highest BCUT2D eigenvalue weighted by atomic mass is 35.5. The average molecular weight is 168 g/mol. The Bertz CT molecular complexity index is 144. The van der Waals surface area contributed by atoms with E-state index in [1.165, 1.54) is 0 Å². The summed E-state index contributed by atoms with van der Waals surface area (Å²) in [6.07, 6.45) is 0.588. The highest BCUT2D eigenvalue weighted by Crippen LogP contribution is 2.29. The van der Waals surface area contributed by atoms with Crippen LogP contribution in [0.1, 0.15) is 12.8 Å². The fourth-order valence-corrected chi connectivity index (χ4v) is 1.07. The molecular formula is C5H10ClNO3. The Morgan fingerprint density at radius 3 is 2.10 bits per heavy atom. The molecule has 0 amide bonds. The predicted molar refractivity (Wildman–Crippen MR) is 28.5 cm³/mol. The first kappa shape index (κ1) is 9.68. The van der Waals surface area contributed by atoms with Gasteiger partial charge in [0.25, 0.3) is 0 Å². The second kappa shape index (κ2) is 2.74. The Balaban J connectivity index is 0.000000810. The molecule has 1 rings (SSSR count). The van der Waals surface area contributed by atoms with E-state index < -0.39 is 11.6 Å². The van der Waals surface area contributed by atoms with Crippen molar-refractivity contribution < 1.29 is 33.1 Å². The van der Waals surface area contributed by atoms with Gasteiger partial charge in [-0.25, -0.2) is 4.79 Å². The summed E-state index contributed by atoms with van der Waals surface area (Å²) in [5, 5.41) is 17.4. The Kier molecular flexibility index (Phi) is 2.65. The highest BCUT2D eigenvalue weighted by Gasteiger charge is 2.49. The number of aliphatic hydroxyl groups is 1. The first-order chi connectivity index (χ1) is 4.04. The van der Waals surface area contributed by atoms with Crippen molar-refractivity contribution >= 4 is 5.97 Å². The van der Waals surface area contributed by atoms with Crippen molar-refractivity contribution in [2.24, 2.45) is 0 Å². The molecule has 1 aliphatic rings. The molecule has 0 aromatic rings. The molecule has 0 saturated heterocycles. The second-order valence-electron chi connectivity index (χ2n) is 2.61. The van der Waals surface area contributed by atoms with Crippen LogP contribution >= 0.6 is 0 Å². The van der Waals surface area contributed by atoms with Crippen LogP contribution in [0.15, 0.2) is 0 Å². The van der Waals surface area contributed by atoms with Crippen LogP contribution in [0, 0.1) is 0 Å². The number of aliphatic carboxylic acids is 1. The van der Waals surface area contributed by atoms with E-state index in [9.17, 15) is 4.79 Å². The predicted octanol–water partition coefficient (Wildman–Crippen LogP) is -4.79. The summed E-state index contributed by atoms with van der Waals surface area (Å²) in [6, 6.07) is 0.117. The minimum absolute atomic E-state index is 0. The summed E-state index contributed by atoms with van der Waals surface area (Å²) in [5.74, 6) is -1.12. The molecule has 0 spiro atoms. The average Bonchev–Trinajstić information content (AvgIpc) is 1.62. The zero-order chi connectivity index (χ0) is 7.07. The number of carboxylic acids is 1. The van der Waals surface area contributed by atoms with Crippen molar-refractivity contribution in [2.45, 2.75) is 24.5 Å². The number of halogens is 1. The number of hydrogen-bond donors (Lipinski definition) is 3. The lowest BCUT2D eigenvalue weighted by Gasteiger charge is -2.34. The number of rotatable bonds is 1. The highest BCUT2D eigenvalue weighted by molar-refractivity contribution is 5.78. The summed E-state index contributed by atoms with van der Waals surface area (Å²) in [5.41, 5.74) is 2.15. The number of carbonyl (C=O) groups is 1. The normalized spacial score (nSPS) is 37.6. The third-order valence-electron chi connectivity index (χ3n) is 1.65. The van der Waals surface area contributed by atoms with Gasteiger partial charge in [0.2, 0.25) is 0 Å². The smallest absolute Gasteiger partial charge is 0.336 e. The van der Waals surface area contributed by atoms with E-state index in [0.29, 0.717) is 12.8 Å². The summed E-state index contributed by atoms with van der Waals surface area (Å²) in [7, 11) is 0. The topological polar surface area (TPSA) is 85.2 Å². The molecule has 1 saturated carbocycles. The standard InChI is InChI=1S/C5H9NO3.ClH/c6-3-1-5(9,2-3)4(7)8;/h3,9H,1-2,6H2,(H,7,8);1H. The van der Waals surface area contributed by atoms with E-state index in [1.807, 2.05) is 0 Å². The van der Waals surface area contributed by atoms with Crippen LogP contribution in [-0.4, -0.2) is 27.8 Å². The van der Waals surface area contributed by atoms with Crippen LogP contribution in [0.3, 0.4) is 0 Å². The van der Waals surface area contributed by atoms with Crippen LogP contribution in [0.4, 0.5) is 0 Å². The molecule has 60 valence electrons. The molecule has 1 fully saturated rings. The Morgan fingerprint density at radius 1 is 1.60 bits per heavy atom. The molecule has 4 nitrogen and oxygen atoms in total. The SMILES string of the molecule is [Cl-].[NH3+]C1CC(O)(C(=O)O)C1. The third-order valence-corrected chi connectivity index (χ3v) is 1.65. The van der Waals surface area contributed by atoms with Gasteiger partial charge in [-0.05, 0) is 0 Å². The van der Waals surface area contributed by atoms with Gasteiger partial charge in [-0.15, -0.1) is 0 Å². The minimum Gasteiger partial charge on any atom is -1.00 e. The molecule has 0 bridgehead atoms. The van der Waals surface area contributed by atoms with E-state index >= 15 is 0 Å². The van der Waals surface area contributed by atoms with Gasteiger partial charge in [0.15, 0.2) is 5.60 Å². The molecule has 0 radical (unpaired) electrons. The van der Waals surface area contributed by atoms with Gasteiger partial charge in [0.1, 0.15) is 0 Å². The summed E-state index contributed by atoms with van der Waals surface area (Å²) in [4.78, 5) is 10.2. The molecular weight excluding hydrogens is 158 g/mol. The van der Waals surface area contributed by atoms with Crippen LogP contribution < -0.4 is 18.1 Å². The molecule has 0 aliphatic heterocycles. The maximum Gasteiger partial charge on any atom is 0.336 e. The van der Waals surface area contributed by atoms with E-state index in [0.717, 1.165) is 0 Å². The van der Waals surface area contributed by atoms with E-state index in [-0.39, 0.29) is 18.4 Å². The van der Waals surface area contributed by atoms with Crippen LogP contribution in [0.2, 0.25) is 0 Å². The van der Waals surface area contributed by atoms with Gasteiger partial charge in [-0.1, -0.05) is 0 Å². The minimum atomic E-state index is -1.45. The maximum atomic E-state index is 10.2. The largest absolute Gasteiger partial charge is 1.00 e. The Morgan fingerprint density at radius 2 is 2.00 bits per heavy atom. The number of hydrogen-bond acceptors (Lipinski definition) is 2. The van der Waals surface area contributed by atoms with Crippen molar-refractivity contribution in [1.29, 1.82) is 0 Å². The van der Waals surface area contributed by atoms with Crippen LogP contribution in [0.5, 0.6) is 0 Å². The Labute approximate surface area is 64.4 Å². The van der Waals surface area contributed by atoms with Crippen molar-refractivity contribution in [3.8, 4) is 0 Å². The molecule has 0 aromatic carbocycles. The monoisotopic (exact) mass is 167 g/mol. The van der Waals surface area contributed by atoms with Gasteiger partial charge >= 0.3 is 5.97 Å². The molecule has 0 aromatic heterocycles. The second-order valence-corrected chi connectivity index (χ2v) is 2.61. The van der Waals surface area contributed by atoms with Gasteiger partial charge in [-0.3, -0.25) is 0 Å². The number of quaternary nitrogens is 1. The molecule has 0 unspecified atom stereocenters. The summed E-state index contributed by atoms with van der Waals surface area (Å²) < 4.78 is 0. The number of carboxylic acid groups (broad SMARTS) is 1. The van der Waals surface area contributed by atoms with Crippen LogP contribution in [0.25, 0.3) is 0 Å². The molecule has 5 N–H and O–H groups in total. The summed E-state index contributed by atoms with van der Waals surface area (Å²) in [6.45, 7) is 0. The van der Waals surface area contributed by atoms with Gasteiger partial charge < -0.3 is 28.4 Å². The molecule has 10 heavy (non-hydrogen) atoms. The quantitative estimate of drug-likeness (QED) is 0.367. The zero-order valence-electron chi connectivity index (χ0n) is 5.38. The van der Waals surface area contributed by atoms with Gasteiger partial charge in [-0.2, -0.15) is 0 Å². The lowest BCUT2D eigenvalue weighted by molar-refractivity contribution is -0.455. The van der Waals surface area contributed by atoms with Gasteiger partial charge in [0, 0.05) is 12.8 Å². The first-order valence-electron chi connectivity index (χ1n) is 2.83. The van der Waals surface area contributed by atoms with Crippen LogP contribution in [-0.2, 0) is 4.79 Å². The molecule has 5 heteroatoms. The zero-order valence-corrected chi connectivity index (χ0v) is 6.14. The van der Waals surface area contributed by atoms with Crippen molar-refractivity contribution in [2.75, 3.05) is 0 Å². The Hall–Kier alpha value is -0.320. The molecule has 0 heterocycles. The maximum absolute atomic E-state index is 10.2. The van der Waals surface area contributed by atoms with E-state index in [4.69, 9.17) is 10.2 Å². The first-order valence-corrected chi connectivity index (χ1v) is 2.83. The summed E-state index contributed by atoms with van der Waals surface area (Å²) >= 11 is 0. The fraction of sp³-hybridized carbons (Fsp3) is 0.800. The van der Waals surface area contributed by atoms with Crippen molar-refractivity contribution in [1.82, 2.24) is 0 Å². The lowest BCUT2D eigenvalue weighted by Crippen LogP contribution is -3.00. The van der Waals surface area contributed by atoms with E-state index in [2.05, 4.69) is 5.73 Å². The van der Waals surface area contributed by atoms with Gasteiger partial charge in [0.05, 0.1) is 6.04 Å². The van der Waals surface area contributed by atoms with Crippen molar-refractivity contribution in [3.05, 3.63) is 0 Å². The van der Waals surface area contributed by atoms with Crippen molar-refractivity contribution in [3.63, 3.8) is 0 Å². The van der Waals surface area contributed by atoms with E-state index in [1.54, 1.807) is 0 Å². The third kappa shape index (κ3) is 1.39. The molecule has 1 aliphatic carbocycles. The molecule has 0 atom stereocenters. The fourth-order valence-electron chi connectivity index (χ4n) is 1.07.